The van der Waals surface area contributed by atoms with E-state index in [0.29, 0.717) is 28.0 Å². The molecule has 1 aliphatic carbocycles. The van der Waals surface area contributed by atoms with E-state index in [-0.39, 0.29) is 22.5 Å². The number of carbonyl (C=O) groups excluding carboxylic acids is 1. The van der Waals surface area contributed by atoms with Crippen LogP contribution in [0.25, 0.3) is 0 Å². The van der Waals surface area contributed by atoms with Crippen molar-refractivity contribution in [2.75, 3.05) is 0 Å². The highest BCUT2D eigenvalue weighted by Crippen LogP contribution is 2.27. The zero-order valence-corrected chi connectivity index (χ0v) is 17.8. The fourth-order valence-electron chi connectivity index (χ4n) is 3.26. The van der Waals surface area contributed by atoms with E-state index in [0.717, 1.165) is 5.56 Å². The van der Waals surface area contributed by atoms with Gasteiger partial charge in [0.2, 0.25) is 0 Å². The van der Waals surface area contributed by atoms with Gasteiger partial charge in [0, 0.05) is 11.1 Å². The van der Waals surface area contributed by atoms with Gasteiger partial charge in [-0.2, -0.15) is 8.42 Å². The van der Waals surface area contributed by atoms with Crippen molar-refractivity contribution in [1.82, 2.24) is 0 Å². The van der Waals surface area contributed by atoms with Crippen LogP contribution < -0.4 is 0 Å². The van der Waals surface area contributed by atoms with E-state index in [9.17, 15) is 13.2 Å². The molecule has 1 aromatic carbocycles. The first-order valence-electron chi connectivity index (χ1n) is 9.01. The summed E-state index contributed by atoms with van der Waals surface area (Å²) < 4.78 is 30.4. The quantitative estimate of drug-likeness (QED) is 0.552. The first-order valence-corrected chi connectivity index (χ1v) is 10.4. The second-order valence-electron chi connectivity index (χ2n) is 7.61. The first kappa shape index (κ1) is 21.1. The molecule has 0 unspecified atom stereocenters. The maximum Gasteiger partial charge on any atom is 0.359 e. The van der Waals surface area contributed by atoms with Crippen molar-refractivity contribution < 1.29 is 17.5 Å². The van der Waals surface area contributed by atoms with Gasteiger partial charge in [0.1, 0.15) is 10.6 Å². The molecule has 0 atom stereocenters. The van der Waals surface area contributed by atoms with Crippen LogP contribution in [0, 0.1) is 32.6 Å². The summed E-state index contributed by atoms with van der Waals surface area (Å²) in [6.45, 7) is 13.0. The number of nitrogens with zero attached hydrogens (tertiary/aromatic N) is 1. The first-order chi connectivity index (χ1) is 12.4. The summed E-state index contributed by atoms with van der Waals surface area (Å²) in [5, 5.41) is 3.86. The normalized spacial score (nSPS) is 15.1. The number of oxime groups is 1. The predicted octanol–water partition coefficient (Wildman–Crippen LogP) is 4.42. The number of Topliss-reactive ketones (excluding diaryl/α,β-unsaturated/α-hetero) is 1. The van der Waals surface area contributed by atoms with Crippen LogP contribution in [0.2, 0.25) is 0 Å². The zero-order valence-electron chi connectivity index (χ0n) is 17.0. The van der Waals surface area contributed by atoms with E-state index in [1.807, 2.05) is 34.6 Å². The highest BCUT2D eigenvalue weighted by molar-refractivity contribution is 7.86. The Morgan fingerprint density at radius 1 is 0.889 bits per heavy atom. The second kappa shape index (κ2) is 7.80. The number of carbonyl (C=O) groups is 1. The molecule has 0 saturated heterocycles. The smallest absolute Gasteiger partial charge is 0.289 e. The number of rotatable bonds is 5. The van der Waals surface area contributed by atoms with Crippen molar-refractivity contribution in [2.24, 2.45) is 17.0 Å². The van der Waals surface area contributed by atoms with E-state index in [1.165, 1.54) is 0 Å². The summed E-state index contributed by atoms with van der Waals surface area (Å²) in [6, 6.07) is 3.59. The Morgan fingerprint density at radius 3 is 1.74 bits per heavy atom. The number of hydrogen-bond donors (Lipinski definition) is 0. The summed E-state index contributed by atoms with van der Waals surface area (Å²) in [4.78, 5) is 12.7. The van der Waals surface area contributed by atoms with Crippen LogP contribution in [0.4, 0.5) is 0 Å². The third-order valence-corrected chi connectivity index (χ3v) is 5.89. The van der Waals surface area contributed by atoms with Crippen molar-refractivity contribution >= 4 is 21.6 Å². The van der Waals surface area contributed by atoms with Crippen LogP contribution in [-0.2, 0) is 19.2 Å². The molecule has 0 fully saturated rings. The molecule has 0 aliphatic heterocycles. The van der Waals surface area contributed by atoms with Gasteiger partial charge in [0.25, 0.3) is 0 Å². The van der Waals surface area contributed by atoms with Gasteiger partial charge >= 0.3 is 10.1 Å². The number of benzene rings is 1. The lowest BCUT2D eigenvalue weighted by atomic mass is 9.84. The Kier molecular flexibility index (Phi) is 6.10. The lowest BCUT2D eigenvalue weighted by Gasteiger charge is -2.19. The monoisotopic (exact) mass is 389 g/mol. The van der Waals surface area contributed by atoms with Crippen LogP contribution in [0.5, 0.6) is 0 Å². The molecule has 0 saturated carbocycles. The number of aryl methyl sites for hydroxylation is 3. The third kappa shape index (κ3) is 4.56. The summed E-state index contributed by atoms with van der Waals surface area (Å²) >= 11 is 0. The van der Waals surface area contributed by atoms with E-state index < -0.39 is 10.1 Å². The van der Waals surface area contributed by atoms with Gasteiger partial charge in [-0.1, -0.05) is 50.5 Å². The Morgan fingerprint density at radius 2 is 1.33 bits per heavy atom. The lowest BCUT2D eigenvalue weighted by molar-refractivity contribution is -0.113. The third-order valence-electron chi connectivity index (χ3n) is 4.47. The minimum Gasteiger partial charge on any atom is -0.289 e. The molecular formula is C21H27NO4S. The average molecular weight is 390 g/mol. The van der Waals surface area contributed by atoms with Crippen molar-refractivity contribution in [2.45, 2.75) is 53.4 Å². The van der Waals surface area contributed by atoms with E-state index in [1.54, 1.807) is 38.1 Å². The SMILES string of the molecule is Cc1cc(C)c(S(=O)(=O)ON=C2C=C(C(C)C)C(=O)C(C(C)C)=C2)c(C)c1. The molecule has 1 aromatic rings. The lowest BCUT2D eigenvalue weighted by Crippen LogP contribution is -2.21. The fraction of sp³-hybridized carbons (Fsp3) is 0.429. The summed E-state index contributed by atoms with van der Waals surface area (Å²) in [7, 11) is -4.06. The van der Waals surface area contributed by atoms with E-state index in [2.05, 4.69) is 5.16 Å². The van der Waals surface area contributed by atoms with E-state index >= 15 is 0 Å². The average Bonchev–Trinajstić information content (AvgIpc) is 2.51. The maximum atomic E-state index is 12.7. The minimum absolute atomic E-state index is 0.00310. The molecule has 0 radical (unpaired) electrons. The Bertz CT molecular complexity index is 911. The van der Waals surface area contributed by atoms with Gasteiger partial charge in [0.05, 0.1) is 0 Å². The van der Waals surface area contributed by atoms with Crippen molar-refractivity contribution in [3.8, 4) is 0 Å². The largest absolute Gasteiger partial charge is 0.359 e. The molecule has 146 valence electrons. The summed E-state index contributed by atoms with van der Waals surface area (Å²) in [5.41, 5.74) is 3.74. The molecule has 0 N–H and O–H groups in total. The maximum absolute atomic E-state index is 12.7. The van der Waals surface area contributed by atoms with Crippen LogP contribution in [0.15, 0.2) is 45.5 Å². The number of allylic oxidation sites excluding steroid dienone is 4. The van der Waals surface area contributed by atoms with Gasteiger partial charge < -0.3 is 0 Å². The van der Waals surface area contributed by atoms with Crippen LogP contribution in [0.3, 0.4) is 0 Å². The molecular weight excluding hydrogens is 362 g/mol. The standard InChI is InChI=1S/C21H27NO4S/c1-12(2)18-10-17(11-19(13(3)4)20(18)23)22-26-27(24,25)21-15(6)8-14(5)9-16(21)7/h8-13H,1-7H3. The van der Waals surface area contributed by atoms with Crippen LogP contribution >= 0.6 is 0 Å². The zero-order chi connectivity index (χ0) is 20.5. The number of ketones is 1. The highest BCUT2D eigenvalue weighted by Gasteiger charge is 2.26. The van der Waals surface area contributed by atoms with Gasteiger partial charge in [-0.15, -0.1) is 0 Å². The van der Waals surface area contributed by atoms with Gasteiger partial charge in [0.15, 0.2) is 5.78 Å². The van der Waals surface area contributed by atoms with Crippen molar-refractivity contribution in [3.05, 3.63) is 52.1 Å². The Labute approximate surface area is 161 Å². The molecule has 1 aliphatic rings. The molecule has 2 rings (SSSR count). The van der Waals surface area contributed by atoms with E-state index in [4.69, 9.17) is 4.28 Å². The summed E-state index contributed by atoms with van der Waals surface area (Å²) in [5.74, 6) is -0.0151. The van der Waals surface area contributed by atoms with Gasteiger partial charge in [-0.25, -0.2) is 0 Å². The molecule has 0 aromatic heterocycles. The molecule has 0 amide bonds. The number of hydrogen-bond acceptors (Lipinski definition) is 5. The van der Waals surface area contributed by atoms with Crippen LogP contribution in [0.1, 0.15) is 44.4 Å². The van der Waals surface area contributed by atoms with Gasteiger partial charge in [-0.05, 0) is 55.9 Å². The molecule has 6 heteroatoms. The topological polar surface area (TPSA) is 72.8 Å². The Balaban J connectivity index is 2.45. The molecule has 0 heterocycles. The van der Waals surface area contributed by atoms with Crippen molar-refractivity contribution in [3.63, 3.8) is 0 Å². The van der Waals surface area contributed by atoms with Gasteiger partial charge in [-0.3, -0.25) is 9.08 Å². The molecule has 5 nitrogen and oxygen atoms in total. The van der Waals surface area contributed by atoms with Crippen molar-refractivity contribution in [1.29, 1.82) is 0 Å². The molecule has 0 bridgehead atoms. The Hall–Kier alpha value is -2.21. The highest BCUT2D eigenvalue weighted by atomic mass is 32.2. The summed E-state index contributed by atoms with van der Waals surface area (Å²) in [6.07, 6.45) is 3.20. The molecule has 0 spiro atoms. The predicted molar refractivity (Wildman–Crippen MR) is 107 cm³/mol. The second-order valence-corrected chi connectivity index (χ2v) is 9.08. The fourth-order valence-corrected chi connectivity index (χ4v) is 4.42. The molecule has 27 heavy (non-hydrogen) atoms. The minimum atomic E-state index is -4.06. The van der Waals surface area contributed by atoms with Crippen LogP contribution in [-0.4, -0.2) is 19.9 Å².